The highest BCUT2D eigenvalue weighted by atomic mass is 16.4. The average Bonchev–Trinajstić information content (AvgIpc) is 2.86. The van der Waals surface area contributed by atoms with Crippen LogP contribution >= 0.6 is 0 Å². The number of aromatic carboxylic acids is 1. The van der Waals surface area contributed by atoms with E-state index in [0.29, 0.717) is 6.04 Å². The van der Waals surface area contributed by atoms with Gasteiger partial charge in [0.25, 0.3) is 0 Å². The number of fused-ring (bicyclic) bond motifs is 1. The van der Waals surface area contributed by atoms with Crippen molar-refractivity contribution in [2.75, 3.05) is 11.4 Å². The van der Waals surface area contributed by atoms with E-state index in [0.717, 1.165) is 23.8 Å². The Balaban J connectivity index is 1.90. The second-order valence-corrected chi connectivity index (χ2v) is 5.76. The molecule has 0 aromatic carbocycles. The van der Waals surface area contributed by atoms with Crippen LogP contribution in [0.25, 0.3) is 0 Å². The van der Waals surface area contributed by atoms with E-state index in [1.54, 1.807) is 6.07 Å². The van der Waals surface area contributed by atoms with Crippen LogP contribution in [-0.2, 0) is 0 Å². The molecule has 1 aromatic rings. The Hall–Kier alpha value is -1.58. The smallest absolute Gasteiger partial charge is 0.337 e. The van der Waals surface area contributed by atoms with E-state index >= 15 is 0 Å². The first-order valence-electron chi connectivity index (χ1n) is 7.13. The Kier molecular flexibility index (Phi) is 3.17. The van der Waals surface area contributed by atoms with Gasteiger partial charge in [0.15, 0.2) is 0 Å². The predicted octanol–water partition coefficient (Wildman–Crippen LogP) is 2.86. The standard InChI is InChI=1S/C15H20N2O2/c1-10-8-12(15(18)19)9-16-14(10)17-7-3-5-11-4-2-6-13(11)17/h8-9,11,13H,2-7H2,1H3,(H,18,19). The van der Waals surface area contributed by atoms with E-state index in [2.05, 4.69) is 9.88 Å². The molecule has 2 unspecified atom stereocenters. The zero-order valence-corrected chi connectivity index (χ0v) is 11.3. The molecule has 3 rings (SSSR count). The molecule has 1 saturated carbocycles. The monoisotopic (exact) mass is 260 g/mol. The summed E-state index contributed by atoms with van der Waals surface area (Å²) in [6.07, 6.45) is 7.97. The minimum atomic E-state index is -0.903. The summed E-state index contributed by atoms with van der Waals surface area (Å²) in [4.78, 5) is 17.8. The summed E-state index contributed by atoms with van der Waals surface area (Å²) in [7, 11) is 0. The van der Waals surface area contributed by atoms with Gasteiger partial charge in [-0.15, -0.1) is 0 Å². The molecule has 1 saturated heterocycles. The van der Waals surface area contributed by atoms with Crippen LogP contribution in [0.4, 0.5) is 5.82 Å². The van der Waals surface area contributed by atoms with Gasteiger partial charge in [0, 0.05) is 18.8 Å². The number of rotatable bonds is 2. The molecule has 1 aromatic heterocycles. The maximum Gasteiger partial charge on any atom is 0.337 e. The summed E-state index contributed by atoms with van der Waals surface area (Å²) in [5, 5.41) is 9.01. The van der Waals surface area contributed by atoms with E-state index in [4.69, 9.17) is 5.11 Å². The maximum absolute atomic E-state index is 11.0. The van der Waals surface area contributed by atoms with Gasteiger partial charge in [0.1, 0.15) is 5.82 Å². The van der Waals surface area contributed by atoms with E-state index < -0.39 is 5.97 Å². The molecule has 19 heavy (non-hydrogen) atoms. The molecule has 2 heterocycles. The Labute approximate surface area is 113 Å². The Morgan fingerprint density at radius 2 is 2.16 bits per heavy atom. The first kappa shape index (κ1) is 12.5. The molecule has 0 amide bonds. The van der Waals surface area contributed by atoms with Crippen LogP contribution < -0.4 is 4.90 Å². The molecule has 0 radical (unpaired) electrons. The molecule has 102 valence electrons. The number of carbonyl (C=O) groups is 1. The molecule has 1 N–H and O–H groups in total. The van der Waals surface area contributed by atoms with Crippen molar-refractivity contribution in [3.05, 3.63) is 23.4 Å². The lowest BCUT2D eigenvalue weighted by Crippen LogP contribution is -2.43. The van der Waals surface area contributed by atoms with Gasteiger partial charge >= 0.3 is 5.97 Å². The number of hydrogen-bond acceptors (Lipinski definition) is 3. The van der Waals surface area contributed by atoms with Crippen LogP contribution in [0.5, 0.6) is 0 Å². The second-order valence-electron chi connectivity index (χ2n) is 5.76. The minimum Gasteiger partial charge on any atom is -0.478 e. The third-order valence-electron chi connectivity index (χ3n) is 4.56. The zero-order chi connectivity index (χ0) is 13.4. The van der Waals surface area contributed by atoms with Crippen molar-refractivity contribution in [3.8, 4) is 0 Å². The molecule has 0 bridgehead atoms. The molecule has 0 spiro atoms. The molecule has 1 aliphatic carbocycles. The molecule has 4 nitrogen and oxygen atoms in total. The first-order valence-corrected chi connectivity index (χ1v) is 7.13. The highest BCUT2D eigenvalue weighted by Crippen LogP contribution is 2.39. The number of pyridine rings is 1. The van der Waals surface area contributed by atoms with Gasteiger partial charge in [-0.1, -0.05) is 6.42 Å². The summed E-state index contributed by atoms with van der Waals surface area (Å²) in [6.45, 7) is 3.02. The van der Waals surface area contributed by atoms with E-state index in [1.165, 1.54) is 38.3 Å². The third-order valence-corrected chi connectivity index (χ3v) is 4.56. The fourth-order valence-corrected chi connectivity index (χ4v) is 3.70. The summed E-state index contributed by atoms with van der Waals surface area (Å²) in [5.41, 5.74) is 1.26. The number of carboxylic acid groups (broad SMARTS) is 1. The summed E-state index contributed by atoms with van der Waals surface area (Å²) >= 11 is 0. The maximum atomic E-state index is 11.0. The summed E-state index contributed by atoms with van der Waals surface area (Å²) in [5.74, 6) is 0.898. The molecule has 4 heteroatoms. The zero-order valence-electron chi connectivity index (χ0n) is 11.3. The Morgan fingerprint density at radius 1 is 1.37 bits per heavy atom. The van der Waals surface area contributed by atoms with Gasteiger partial charge in [0.2, 0.25) is 0 Å². The Morgan fingerprint density at radius 3 is 2.89 bits per heavy atom. The lowest BCUT2D eigenvalue weighted by molar-refractivity contribution is 0.0696. The number of nitrogens with zero attached hydrogens (tertiary/aromatic N) is 2. The summed E-state index contributed by atoms with van der Waals surface area (Å²) in [6, 6.07) is 2.36. The van der Waals surface area contributed by atoms with E-state index in [1.807, 2.05) is 6.92 Å². The van der Waals surface area contributed by atoms with Crippen molar-refractivity contribution in [3.63, 3.8) is 0 Å². The van der Waals surface area contributed by atoms with E-state index in [-0.39, 0.29) is 5.56 Å². The first-order chi connectivity index (χ1) is 9.16. The quantitative estimate of drug-likeness (QED) is 0.888. The fourth-order valence-electron chi connectivity index (χ4n) is 3.70. The van der Waals surface area contributed by atoms with Crippen LogP contribution in [0.1, 0.15) is 48.0 Å². The largest absolute Gasteiger partial charge is 0.478 e. The molecule has 2 fully saturated rings. The lowest BCUT2D eigenvalue weighted by Gasteiger charge is -2.39. The SMILES string of the molecule is Cc1cc(C(=O)O)cnc1N1CCCC2CCCC21. The number of anilines is 1. The molecule has 2 atom stereocenters. The van der Waals surface area contributed by atoms with E-state index in [9.17, 15) is 4.79 Å². The predicted molar refractivity (Wildman–Crippen MR) is 73.6 cm³/mol. The van der Waals surface area contributed by atoms with Crippen LogP contribution in [0.2, 0.25) is 0 Å². The van der Waals surface area contributed by atoms with Crippen molar-refractivity contribution in [1.29, 1.82) is 0 Å². The topological polar surface area (TPSA) is 53.4 Å². The van der Waals surface area contributed by atoms with Gasteiger partial charge in [-0.25, -0.2) is 9.78 Å². The van der Waals surface area contributed by atoms with Gasteiger partial charge < -0.3 is 10.0 Å². The van der Waals surface area contributed by atoms with Gasteiger partial charge in [-0.05, 0) is 50.2 Å². The van der Waals surface area contributed by atoms with Crippen LogP contribution in [-0.4, -0.2) is 28.6 Å². The van der Waals surface area contributed by atoms with Gasteiger partial charge in [-0.3, -0.25) is 0 Å². The Bertz CT molecular complexity index is 501. The van der Waals surface area contributed by atoms with Crippen molar-refractivity contribution >= 4 is 11.8 Å². The van der Waals surface area contributed by atoms with Crippen molar-refractivity contribution in [2.45, 2.75) is 45.1 Å². The molecular weight excluding hydrogens is 240 g/mol. The third kappa shape index (κ3) is 2.20. The minimum absolute atomic E-state index is 0.279. The summed E-state index contributed by atoms with van der Waals surface area (Å²) < 4.78 is 0. The number of carboxylic acids is 1. The van der Waals surface area contributed by atoms with Crippen LogP contribution in [0.15, 0.2) is 12.3 Å². The normalized spacial score (nSPS) is 26.3. The molecule has 2 aliphatic rings. The molecule has 1 aliphatic heterocycles. The highest BCUT2D eigenvalue weighted by Gasteiger charge is 2.36. The van der Waals surface area contributed by atoms with Crippen LogP contribution in [0, 0.1) is 12.8 Å². The second kappa shape index (κ2) is 4.83. The number of piperidine rings is 1. The van der Waals surface area contributed by atoms with Gasteiger partial charge in [0.05, 0.1) is 5.56 Å². The van der Waals surface area contributed by atoms with Crippen LogP contribution in [0.3, 0.4) is 0 Å². The lowest BCUT2D eigenvalue weighted by atomic mass is 9.91. The van der Waals surface area contributed by atoms with Gasteiger partial charge in [-0.2, -0.15) is 0 Å². The fraction of sp³-hybridized carbons (Fsp3) is 0.600. The average molecular weight is 260 g/mol. The van der Waals surface area contributed by atoms with Crippen molar-refractivity contribution < 1.29 is 9.90 Å². The van der Waals surface area contributed by atoms with Crippen molar-refractivity contribution in [1.82, 2.24) is 4.98 Å². The number of aromatic nitrogens is 1. The highest BCUT2D eigenvalue weighted by molar-refractivity contribution is 5.87. The number of aryl methyl sites for hydroxylation is 1. The molecular formula is C15H20N2O2. The van der Waals surface area contributed by atoms with Crippen molar-refractivity contribution in [2.24, 2.45) is 5.92 Å². The number of hydrogen-bond donors (Lipinski definition) is 1.